The molecule has 0 aliphatic carbocycles. The lowest BCUT2D eigenvalue weighted by Crippen LogP contribution is -2.34. The van der Waals surface area contributed by atoms with Gasteiger partial charge in [0, 0.05) is 12.8 Å². The maximum atomic E-state index is 12.6. The molecule has 11 nitrogen and oxygen atoms in total. The van der Waals surface area contributed by atoms with Gasteiger partial charge in [-0.05, 0) is 70.6 Å². The zero-order chi connectivity index (χ0) is 42.8. The van der Waals surface area contributed by atoms with Crippen LogP contribution in [0.15, 0.2) is 61.3 Å². The average molecular weight is 838 g/mol. The van der Waals surface area contributed by atoms with Crippen molar-refractivity contribution in [2.45, 2.75) is 192 Å². The van der Waals surface area contributed by atoms with E-state index >= 15 is 0 Å². The molecule has 0 aliphatic heterocycles. The molecule has 0 saturated carbocycles. The van der Waals surface area contributed by atoms with E-state index in [1.165, 1.54) is 83.5 Å². The first-order chi connectivity index (χ1) is 28.1. The maximum absolute atomic E-state index is 12.6. The lowest BCUT2D eigenvalue weighted by Gasteiger charge is -2.20. The zero-order valence-electron chi connectivity index (χ0n) is 36.0. The van der Waals surface area contributed by atoms with E-state index in [4.69, 9.17) is 24.8 Å². The van der Waals surface area contributed by atoms with Crippen molar-refractivity contribution in [1.82, 2.24) is 0 Å². The number of phosphoric acid groups is 1. The van der Waals surface area contributed by atoms with Gasteiger partial charge in [0.05, 0.1) is 13.2 Å². The first-order valence-corrected chi connectivity index (χ1v) is 23.8. The van der Waals surface area contributed by atoms with Crippen LogP contribution >= 0.6 is 7.82 Å². The van der Waals surface area contributed by atoms with Crippen molar-refractivity contribution in [3.8, 4) is 0 Å². The number of hydrogen-bond donors (Lipinski definition) is 3. The number of unbranched alkanes of at least 4 members (excludes halogenated alkanes) is 19. The molecule has 0 aliphatic rings. The Morgan fingerprint density at radius 3 is 1.50 bits per heavy atom. The van der Waals surface area contributed by atoms with Gasteiger partial charge in [-0.2, -0.15) is 0 Å². The van der Waals surface area contributed by atoms with Gasteiger partial charge in [0.15, 0.2) is 6.10 Å². The third-order valence-corrected chi connectivity index (χ3v) is 10.3. The number of carbonyl (C=O) groups is 3. The molecule has 12 heteroatoms. The van der Waals surface area contributed by atoms with Crippen LogP contribution in [0.25, 0.3) is 0 Å². The van der Waals surface area contributed by atoms with Crippen molar-refractivity contribution in [2.75, 3.05) is 19.8 Å². The van der Waals surface area contributed by atoms with Crippen molar-refractivity contribution >= 4 is 25.7 Å². The Labute approximate surface area is 351 Å². The summed E-state index contributed by atoms with van der Waals surface area (Å²) in [6, 6.07) is -1.53. The molecule has 0 fully saturated rings. The summed E-state index contributed by atoms with van der Waals surface area (Å²) in [5.74, 6) is -2.42. The van der Waals surface area contributed by atoms with E-state index in [1.807, 2.05) is 6.08 Å². The number of nitrogens with two attached hydrogens (primary N) is 1. The van der Waals surface area contributed by atoms with Gasteiger partial charge in [-0.3, -0.25) is 23.4 Å². The van der Waals surface area contributed by atoms with Gasteiger partial charge < -0.3 is 25.2 Å². The molecule has 4 N–H and O–H groups in total. The number of phosphoric ester groups is 1. The highest BCUT2D eigenvalue weighted by Gasteiger charge is 2.28. The highest BCUT2D eigenvalue weighted by molar-refractivity contribution is 7.47. The molecule has 58 heavy (non-hydrogen) atoms. The van der Waals surface area contributed by atoms with Crippen molar-refractivity contribution in [2.24, 2.45) is 5.73 Å². The molecule has 0 aromatic heterocycles. The molecule has 0 spiro atoms. The number of rotatable bonds is 42. The largest absolute Gasteiger partial charge is 0.480 e. The lowest BCUT2D eigenvalue weighted by molar-refractivity contribution is -0.161. The number of esters is 2. The van der Waals surface area contributed by atoms with Crippen LogP contribution in [0.4, 0.5) is 0 Å². The summed E-state index contributed by atoms with van der Waals surface area (Å²) in [6.07, 6.45) is 46.0. The van der Waals surface area contributed by atoms with Gasteiger partial charge in [0.25, 0.3) is 0 Å². The fraction of sp³-hybridized carbons (Fsp3) is 0.717. The Hall–Kier alpha value is -2.82. The highest BCUT2D eigenvalue weighted by Crippen LogP contribution is 2.43. The first-order valence-electron chi connectivity index (χ1n) is 22.3. The second kappa shape index (κ2) is 40.9. The van der Waals surface area contributed by atoms with Crippen LogP contribution in [-0.2, 0) is 37.5 Å². The Bertz CT molecular complexity index is 1200. The minimum Gasteiger partial charge on any atom is -0.480 e. The topological polar surface area (TPSA) is 172 Å². The van der Waals surface area contributed by atoms with Gasteiger partial charge in [-0.15, -0.1) is 6.58 Å². The molecule has 1 unspecified atom stereocenters. The molecule has 0 heterocycles. The van der Waals surface area contributed by atoms with Crippen molar-refractivity contribution in [3.05, 3.63) is 61.3 Å². The van der Waals surface area contributed by atoms with Crippen LogP contribution in [0, 0.1) is 0 Å². The van der Waals surface area contributed by atoms with Gasteiger partial charge >= 0.3 is 25.7 Å². The minimum atomic E-state index is -4.73. The fourth-order valence-corrected chi connectivity index (χ4v) is 6.63. The van der Waals surface area contributed by atoms with Crippen LogP contribution in [0.5, 0.6) is 0 Å². The Balaban J connectivity index is 4.40. The molecule has 0 bridgehead atoms. The predicted octanol–water partition coefficient (Wildman–Crippen LogP) is 12.0. The van der Waals surface area contributed by atoms with Crippen molar-refractivity contribution < 1.29 is 47.5 Å². The Kier molecular flexibility index (Phi) is 38.9. The van der Waals surface area contributed by atoms with Crippen LogP contribution < -0.4 is 5.73 Å². The molecule has 0 saturated heterocycles. The Morgan fingerprint density at radius 2 is 1.00 bits per heavy atom. The van der Waals surface area contributed by atoms with Crippen molar-refractivity contribution in [3.63, 3.8) is 0 Å². The molecule has 3 atom stereocenters. The quantitative estimate of drug-likeness (QED) is 0.0231. The molecule has 0 rings (SSSR count). The van der Waals surface area contributed by atoms with Crippen LogP contribution in [0.1, 0.15) is 180 Å². The number of allylic oxidation sites excluding steroid dienone is 9. The first kappa shape index (κ1) is 55.2. The zero-order valence-corrected chi connectivity index (χ0v) is 36.9. The molecule has 0 amide bonds. The monoisotopic (exact) mass is 838 g/mol. The van der Waals surface area contributed by atoms with Gasteiger partial charge in [0.2, 0.25) is 0 Å². The predicted molar refractivity (Wildman–Crippen MR) is 235 cm³/mol. The number of carbonyl (C=O) groups excluding carboxylic acids is 2. The molecule has 0 aromatic rings. The number of ether oxygens (including phenoxy) is 2. The summed E-state index contributed by atoms with van der Waals surface area (Å²) in [6.45, 7) is 4.26. The van der Waals surface area contributed by atoms with Crippen LogP contribution in [-0.4, -0.2) is 59.9 Å². The van der Waals surface area contributed by atoms with E-state index in [9.17, 15) is 23.8 Å². The normalized spacial score (nSPS) is 14.1. The van der Waals surface area contributed by atoms with Crippen molar-refractivity contribution in [1.29, 1.82) is 0 Å². The second-order valence-corrected chi connectivity index (χ2v) is 16.4. The Morgan fingerprint density at radius 1 is 0.586 bits per heavy atom. The number of aliphatic carboxylic acids is 1. The average Bonchev–Trinajstić information content (AvgIpc) is 3.20. The third-order valence-electron chi connectivity index (χ3n) is 9.38. The van der Waals surface area contributed by atoms with E-state index in [0.717, 1.165) is 64.2 Å². The number of hydrogen-bond acceptors (Lipinski definition) is 9. The lowest BCUT2D eigenvalue weighted by atomic mass is 10.0. The summed E-state index contributed by atoms with van der Waals surface area (Å²) in [5, 5.41) is 8.89. The summed E-state index contributed by atoms with van der Waals surface area (Å²) in [4.78, 5) is 46.0. The van der Waals surface area contributed by atoms with Gasteiger partial charge in [-0.1, -0.05) is 151 Å². The third kappa shape index (κ3) is 40.0. The smallest absolute Gasteiger partial charge is 0.472 e. The fourth-order valence-electron chi connectivity index (χ4n) is 5.85. The summed E-state index contributed by atoms with van der Waals surface area (Å²) in [7, 11) is -4.73. The second-order valence-electron chi connectivity index (χ2n) is 14.9. The van der Waals surface area contributed by atoms with E-state index < -0.39 is 51.1 Å². The van der Waals surface area contributed by atoms with Crippen LogP contribution in [0.2, 0.25) is 0 Å². The number of carboxylic acid groups (broad SMARTS) is 1. The summed E-state index contributed by atoms with van der Waals surface area (Å²) in [5.41, 5.74) is 5.33. The summed E-state index contributed by atoms with van der Waals surface area (Å²) >= 11 is 0. The molecule has 0 aromatic carbocycles. The van der Waals surface area contributed by atoms with E-state index in [-0.39, 0.29) is 19.4 Å². The molecular weight excluding hydrogens is 757 g/mol. The molecule has 334 valence electrons. The van der Waals surface area contributed by atoms with E-state index in [1.54, 1.807) is 0 Å². The van der Waals surface area contributed by atoms with Gasteiger partial charge in [-0.25, -0.2) is 4.57 Å². The molecular formula is C46H80NO10P. The number of carboxylic acids is 1. The minimum absolute atomic E-state index is 0.150. The van der Waals surface area contributed by atoms with E-state index in [0.29, 0.717) is 12.8 Å². The SMILES string of the molecule is C=CCCCCCCCCCCCCCCCC(=O)O[C@H](COC(=O)CCCCC/C=C/C/C=C/C/C=C/C/C=C/CCCCC)COP(=O)(O)OC[C@H](N)C(=O)O. The molecule has 0 radical (unpaired) electrons. The van der Waals surface area contributed by atoms with E-state index in [2.05, 4.69) is 66.6 Å². The summed E-state index contributed by atoms with van der Waals surface area (Å²) < 4.78 is 32.7. The standard InChI is InChI=1S/C46H80NO10P/c1-3-5-7-9-11-13-15-17-19-20-21-22-24-25-27-29-31-33-35-37-44(48)54-39-42(40-55-58(52,53)56-41-43(47)46(50)51)57-45(49)38-36-34-32-30-28-26-23-18-16-14-12-10-8-6-4-2/h4,11,13,17,19,21-22,25,27,42-43H,2-3,5-10,12,14-16,18,20,23-24,26,28-41,47H2,1H3,(H,50,51)(H,52,53)/b13-11+,19-17+,22-21+,27-25+/t42-,43+/m1/s1. The van der Waals surface area contributed by atoms with Crippen LogP contribution in [0.3, 0.4) is 0 Å². The van der Waals surface area contributed by atoms with Gasteiger partial charge in [0.1, 0.15) is 12.6 Å². The maximum Gasteiger partial charge on any atom is 0.472 e. The highest BCUT2D eigenvalue weighted by atomic mass is 31.2.